The predicted octanol–water partition coefficient (Wildman–Crippen LogP) is 1.72. The van der Waals surface area contributed by atoms with Crippen LogP contribution in [0.3, 0.4) is 0 Å². The molecule has 0 amide bonds. The highest BCUT2D eigenvalue weighted by Crippen LogP contribution is 2.16. The zero-order valence-corrected chi connectivity index (χ0v) is 8.11. The van der Waals surface area contributed by atoms with Crippen molar-refractivity contribution >= 4 is 11.1 Å². The Balaban J connectivity index is 2.58. The molecule has 1 heterocycles. The van der Waals surface area contributed by atoms with Gasteiger partial charge in [0.1, 0.15) is 0 Å². The lowest BCUT2D eigenvalue weighted by Gasteiger charge is -2.11. The summed E-state index contributed by atoms with van der Waals surface area (Å²) in [5.41, 5.74) is 0.672. The lowest BCUT2D eigenvalue weighted by Crippen LogP contribution is -1.98. The van der Waals surface area contributed by atoms with Gasteiger partial charge in [-0.05, 0) is 35.3 Å². The second kappa shape index (κ2) is 3.77. The summed E-state index contributed by atoms with van der Waals surface area (Å²) in [6, 6.07) is 10.6. The molecule has 3 nitrogen and oxygen atoms in total. The summed E-state index contributed by atoms with van der Waals surface area (Å²) in [5, 5.41) is 0. The molecule has 0 saturated carbocycles. The van der Waals surface area contributed by atoms with Gasteiger partial charge in [0.05, 0.1) is 5.69 Å². The van der Waals surface area contributed by atoms with E-state index in [1.807, 2.05) is 30.6 Å². The van der Waals surface area contributed by atoms with Crippen molar-refractivity contribution in [2.75, 3.05) is 0 Å². The molecule has 1 aromatic heterocycles. The van der Waals surface area contributed by atoms with Gasteiger partial charge in [0, 0.05) is 17.3 Å². The standard InChI is InChI=1S/C10H9NO2S/c12-14(13)10-6-2-1-5-9(10)11-7-3-4-8-11/h1-8H,(H,12,13)/p-1. The van der Waals surface area contributed by atoms with Crippen LogP contribution in [0.4, 0.5) is 0 Å². The number of aromatic nitrogens is 1. The quantitative estimate of drug-likeness (QED) is 0.702. The SMILES string of the molecule is O=S([O-])c1ccccc1-n1cccc1. The summed E-state index contributed by atoms with van der Waals surface area (Å²) in [6.45, 7) is 0. The Hall–Kier alpha value is -1.39. The fourth-order valence-corrected chi connectivity index (χ4v) is 1.84. The van der Waals surface area contributed by atoms with E-state index in [0.717, 1.165) is 0 Å². The van der Waals surface area contributed by atoms with Crippen LogP contribution in [0, 0.1) is 0 Å². The van der Waals surface area contributed by atoms with Gasteiger partial charge in [-0.3, -0.25) is 4.21 Å². The highest BCUT2D eigenvalue weighted by Gasteiger charge is 2.02. The van der Waals surface area contributed by atoms with Crippen LogP contribution >= 0.6 is 0 Å². The molecule has 1 unspecified atom stereocenters. The molecule has 4 heteroatoms. The van der Waals surface area contributed by atoms with Crippen molar-refractivity contribution in [3.8, 4) is 5.69 Å². The summed E-state index contributed by atoms with van der Waals surface area (Å²) in [4.78, 5) is 0.309. The van der Waals surface area contributed by atoms with Crippen LogP contribution in [0.1, 0.15) is 0 Å². The minimum Gasteiger partial charge on any atom is -0.768 e. The topological polar surface area (TPSA) is 45.1 Å². The van der Waals surface area contributed by atoms with E-state index in [0.29, 0.717) is 10.6 Å². The molecule has 72 valence electrons. The molecule has 0 radical (unpaired) electrons. The first kappa shape index (κ1) is 9.18. The monoisotopic (exact) mass is 206 g/mol. The van der Waals surface area contributed by atoms with E-state index in [4.69, 9.17) is 0 Å². The molecule has 0 aliphatic heterocycles. The summed E-state index contributed by atoms with van der Waals surface area (Å²) in [7, 11) is 0. The third kappa shape index (κ3) is 1.62. The molecule has 1 aromatic carbocycles. The number of benzene rings is 1. The molecular formula is C10H8NO2S-. The van der Waals surface area contributed by atoms with Crippen LogP contribution in [0.25, 0.3) is 5.69 Å². The third-order valence-electron chi connectivity index (χ3n) is 1.93. The van der Waals surface area contributed by atoms with E-state index in [-0.39, 0.29) is 0 Å². The summed E-state index contributed by atoms with van der Waals surface area (Å²) in [5.74, 6) is 0. The number of nitrogens with zero attached hydrogens (tertiary/aromatic N) is 1. The number of hydrogen-bond donors (Lipinski definition) is 0. The average Bonchev–Trinajstić information content (AvgIpc) is 2.70. The first-order valence-electron chi connectivity index (χ1n) is 4.10. The summed E-state index contributed by atoms with van der Waals surface area (Å²) >= 11 is -2.20. The van der Waals surface area contributed by atoms with Gasteiger partial charge in [0.25, 0.3) is 0 Å². The van der Waals surface area contributed by atoms with Crippen LogP contribution in [-0.2, 0) is 11.1 Å². The van der Waals surface area contributed by atoms with E-state index in [2.05, 4.69) is 0 Å². The average molecular weight is 206 g/mol. The summed E-state index contributed by atoms with van der Waals surface area (Å²) < 4.78 is 23.6. The van der Waals surface area contributed by atoms with Crippen molar-refractivity contribution in [2.24, 2.45) is 0 Å². The van der Waals surface area contributed by atoms with Crippen molar-refractivity contribution in [3.63, 3.8) is 0 Å². The third-order valence-corrected chi connectivity index (χ3v) is 2.63. The van der Waals surface area contributed by atoms with Crippen molar-refractivity contribution in [2.45, 2.75) is 4.90 Å². The zero-order valence-electron chi connectivity index (χ0n) is 7.29. The first-order valence-corrected chi connectivity index (χ1v) is 5.18. The zero-order chi connectivity index (χ0) is 9.97. The van der Waals surface area contributed by atoms with Crippen molar-refractivity contribution < 1.29 is 8.76 Å². The maximum Gasteiger partial charge on any atom is 0.0599 e. The summed E-state index contributed by atoms with van der Waals surface area (Å²) in [6.07, 6.45) is 3.62. The Morgan fingerprint density at radius 3 is 2.36 bits per heavy atom. The molecule has 0 aliphatic carbocycles. The van der Waals surface area contributed by atoms with Crippen LogP contribution in [-0.4, -0.2) is 13.3 Å². The maximum atomic E-state index is 10.9. The molecule has 0 saturated heterocycles. The highest BCUT2D eigenvalue weighted by atomic mass is 32.2. The Kier molecular flexibility index (Phi) is 2.47. The Bertz CT molecular complexity index is 451. The van der Waals surface area contributed by atoms with E-state index in [9.17, 15) is 8.76 Å². The minimum atomic E-state index is -2.20. The minimum absolute atomic E-state index is 0.309. The highest BCUT2D eigenvalue weighted by molar-refractivity contribution is 7.79. The molecule has 0 N–H and O–H groups in total. The molecule has 2 aromatic rings. The normalized spacial score (nSPS) is 12.6. The first-order chi connectivity index (χ1) is 6.79. The van der Waals surface area contributed by atoms with Gasteiger partial charge in [-0.2, -0.15) is 0 Å². The number of rotatable bonds is 2. The fourth-order valence-electron chi connectivity index (χ4n) is 1.31. The Morgan fingerprint density at radius 1 is 1.07 bits per heavy atom. The predicted molar refractivity (Wildman–Crippen MR) is 53.0 cm³/mol. The van der Waals surface area contributed by atoms with Crippen LogP contribution in [0.5, 0.6) is 0 Å². The van der Waals surface area contributed by atoms with Gasteiger partial charge >= 0.3 is 0 Å². The van der Waals surface area contributed by atoms with Gasteiger partial charge in [0.15, 0.2) is 0 Å². The maximum absolute atomic E-state index is 10.9. The van der Waals surface area contributed by atoms with Gasteiger partial charge in [-0.25, -0.2) is 0 Å². The molecule has 2 rings (SSSR count). The van der Waals surface area contributed by atoms with Gasteiger partial charge in [-0.1, -0.05) is 12.1 Å². The fraction of sp³-hybridized carbons (Fsp3) is 0. The molecule has 0 spiro atoms. The molecule has 1 atom stereocenters. The van der Waals surface area contributed by atoms with Gasteiger partial charge < -0.3 is 9.12 Å². The van der Waals surface area contributed by atoms with Crippen molar-refractivity contribution in [1.82, 2.24) is 4.57 Å². The Labute approximate surface area is 84.3 Å². The molecule has 0 fully saturated rings. The van der Waals surface area contributed by atoms with E-state index >= 15 is 0 Å². The molecule has 0 bridgehead atoms. The largest absolute Gasteiger partial charge is 0.768 e. The number of hydrogen-bond acceptors (Lipinski definition) is 2. The van der Waals surface area contributed by atoms with Gasteiger partial charge in [0.2, 0.25) is 0 Å². The lowest BCUT2D eigenvalue weighted by molar-refractivity contribution is 0.536. The van der Waals surface area contributed by atoms with Crippen LogP contribution < -0.4 is 0 Å². The molecular weight excluding hydrogens is 198 g/mol. The molecule has 0 aliphatic rings. The van der Waals surface area contributed by atoms with E-state index in [1.54, 1.807) is 22.8 Å². The van der Waals surface area contributed by atoms with E-state index < -0.39 is 11.1 Å². The van der Waals surface area contributed by atoms with Crippen molar-refractivity contribution in [1.29, 1.82) is 0 Å². The van der Waals surface area contributed by atoms with Crippen LogP contribution in [0.2, 0.25) is 0 Å². The molecule has 14 heavy (non-hydrogen) atoms. The second-order valence-corrected chi connectivity index (χ2v) is 3.70. The second-order valence-electron chi connectivity index (χ2n) is 2.79. The lowest BCUT2D eigenvalue weighted by atomic mass is 10.3. The van der Waals surface area contributed by atoms with E-state index in [1.165, 1.54) is 0 Å². The number of para-hydroxylation sites is 1. The van der Waals surface area contributed by atoms with Crippen LogP contribution in [0.15, 0.2) is 53.7 Å². The Morgan fingerprint density at radius 2 is 1.71 bits per heavy atom. The van der Waals surface area contributed by atoms with Crippen molar-refractivity contribution in [3.05, 3.63) is 48.8 Å². The van der Waals surface area contributed by atoms with Gasteiger partial charge in [-0.15, -0.1) is 0 Å². The smallest absolute Gasteiger partial charge is 0.0599 e.